The van der Waals surface area contributed by atoms with Gasteiger partial charge in [0.05, 0.1) is 6.61 Å². The molecular formula is C15H32LiNO2. The van der Waals surface area contributed by atoms with E-state index in [9.17, 15) is 4.79 Å². The first kappa shape index (κ1) is 21.3. The fourth-order valence-electron chi connectivity index (χ4n) is 1.89. The predicted molar refractivity (Wildman–Crippen MR) is 83.6 cm³/mol. The van der Waals surface area contributed by atoms with Crippen LogP contribution in [0.3, 0.4) is 0 Å². The molecular weight excluding hydrogens is 233 g/mol. The number of hydrogen-bond acceptors (Lipinski definition) is 3. The molecule has 0 aliphatic carbocycles. The second-order valence-corrected chi connectivity index (χ2v) is 5.14. The first-order valence-corrected chi connectivity index (χ1v) is 7.60. The Bertz CT molecular complexity index is 199. The van der Waals surface area contributed by atoms with E-state index in [4.69, 9.17) is 10.5 Å². The number of carbonyl (C=O) groups is 1. The van der Waals surface area contributed by atoms with Gasteiger partial charge in [-0.15, -0.1) is 0 Å². The quantitative estimate of drug-likeness (QED) is 0.335. The van der Waals surface area contributed by atoms with Crippen LogP contribution in [0.1, 0.15) is 78.1 Å². The maximum absolute atomic E-state index is 11.1. The summed E-state index contributed by atoms with van der Waals surface area (Å²) in [5.74, 6) is -0.286. The minimum atomic E-state index is -0.492. The van der Waals surface area contributed by atoms with Gasteiger partial charge in [0.2, 0.25) is 0 Å². The summed E-state index contributed by atoms with van der Waals surface area (Å²) in [7, 11) is 0. The van der Waals surface area contributed by atoms with Crippen LogP contribution in [0.15, 0.2) is 0 Å². The Morgan fingerprint density at radius 2 is 1.37 bits per heavy atom. The molecule has 0 saturated carbocycles. The van der Waals surface area contributed by atoms with Crippen molar-refractivity contribution in [3.63, 3.8) is 0 Å². The Labute approximate surface area is 131 Å². The van der Waals surface area contributed by atoms with Gasteiger partial charge in [-0.2, -0.15) is 0 Å². The van der Waals surface area contributed by atoms with Gasteiger partial charge in [0.1, 0.15) is 6.04 Å². The van der Waals surface area contributed by atoms with Crippen LogP contribution in [0.4, 0.5) is 0 Å². The number of esters is 1. The Hall–Kier alpha value is 0.0274. The third kappa shape index (κ3) is 16.0. The van der Waals surface area contributed by atoms with E-state index in [1.54, 1.807) is 6.92 Å². The molecule has 0 fully saturated rings. The summed E-state index contributed by atoms with van der Waals surface area (Å²) in [5.41, 5.74) is 5.39. The van der Waals surface area contributed by atoms with Gasteiger partial charge in [0.25, 0.3) is 0 Å². The van der Waals surface area contributed by atoms with Gasteiger partial charge in [0.15, 0.2) is 0 Å². The minimum absolute atomic E-state index is 0. The standard InChI is InChI=1S/C15H31NO2.Li.H/c1-3-4-5-6-7-8-9-10-11-12-13-18-15(17)14(2)16;;/h14H,3-13,16H2,1-2H3;;/t14-;;/m0../s1. The van der Waals surface area contributed by atoms with Crippen LogP contribution in [0, 0.1) is 0 Å². The fourth-order valence-corrected chi connectivity index (χ4v) is 1.89. The van der Waals surface area contributed by atoms with Crippen LogP contribution in [0.2, 0.25) is 0 Å². The van der Waals surface area contributed by atoms with E-state index in [0.717, 1.165) is 12.8 Å². The molecule has 0 amide bonds. The molecule has 0 aliphatic rings. The molecule has 1 atom stereocenters. The van der Waals surface area contributed by atoms with Gasteiger partial charge in [-0.1, -0.05) is 64.7 Å². The first-order valence-electron chi connectivity index (χ1n) is 7.60. The first-order chi connectivity index (χ1) is 8.68. The van der Waals surface area contributed by atoms with Gasteiger partial charge in [-0.3, -0.25) is 4.79 Å². The Kier molecular flexibility index (Phi) is 18.1. The summed E-state index contributed by atoms with van der Waals surface area (Å²) < 4.78 is 5.01. The Morgan fingerprint density at radius 3 is 1.79 bits per heavy atom. The second-order valence-electron chi connectivity index (χ2n) is 5.14. The normalized spacial score (nSPS) is 11.7. The van der Waals surface area contributed by atoms with Crippen LogP contribution in [-0.4, -0.2) is 37.5 Å². The molecule has 0 aromatic rings. The third-order valence-electron chi connectivity index (χ3n) is 3.11. The van der Waals surface area contributed by atoms with E-state index in [1.165, 1.54) is 51.4 Å². The monoisotopic (exact) mass is 265 g/mol. The third-order valence-corrected chi connectivity index (χ3v) is 3.11. The summed E-state index contributed by atoms with van der Waals surface area (Å²) in [5, 5.41) is 0. The van der Waals surface area contributed by atoms with E-state index in [2.05, 4.69) is 6.92 Å². The van der Waals surface area contributed by atoms with E-state index >= 15 is 0 Å². The Morgan fingerprint density at radius 1 is 0.947 bits per heavy atom. The number of rotatable bonds is 12. The van der Waals surface area contributed by atoms with Crippen molar-refractivity contribution in [3.8, 4) is 0 Å². The van der Waals surface area contributed by atoms with Crippen molar-refractivity contribution < 1.29 is 9.53 Å². The maximum atomic E-state index is 11.1. The van der Waals surface area contributed by atoms with Crippen LogP contribution in [0.5, 0.6) is 0 Å². The topological polar surface area (TPSA) is 52.3 Å². The molecule has 0 aromatic heterocycles. The summed E-state index contributed by atoms with van der Waals surface area (Å²) in [6.07, 6.45) is 12.9. The zero-order valence-corrected chi connectivity index (χ0v) is 12.2. The van der Waals surface area contributed by atoms with E-state index in [1.807, 2.05) is 0 Å². The molecule has 110 valence electrons. The van der Waals surface area contributed by atoms with Gasteiger partial charge >= 0.3 is 24.8 Å². The van der Waals surface area contributed by atoms with E-state index in [-0.39, 0.29) is 24.8 Å². The van der Waals surface area contributed by atoms with Gasteiger partial charge in [-0.05, 0) is 13.3 Å². The van der Waals surface area contributed by atoms with E-state index in [0.29, 0.717) is 6.61 Å². The second kappa shape index (κ2) is 16.1. The Balaban J connectivity index is 0. The van der Waals surface area contributed by atoms with Crippen LogP contribution >= 0.6 is 0 Å². The number of carbonyl (C=O) groups excluding carboxylic acids is 1. The van der Waals surface area contributed by atoms with Crippen molar-refractivity contribution in [1.29, 1.82) is 0 Å². The molecule has 2 N–H and O–H groups in total. The van der Waals surface area contributed by atoms with Crippen LogP contribution < -0.4 is 5.73 Å². The summed E-state index contributed by atoms with van der Waals surface area (Å²) >= 11 is 0. The van der Waals surface area contributed by atoms with Crippen LogP contribution in [-0.2, 0) is 9.53 Å². The summed E-state index contributed by atoms with van der Waals surface area (Å²) in [6, 6.07) is -0.492. The molecule has 0 bridgehead atoms. The van der Waals surface area contributed by atoms with Crippen LogP contribution in [0.25, 0.3) is 0 Å². The summed E-state index contributed by atoms with van der Waals surface area (Å²) in [6.45, 7) is 4.43. The fraction of sp³-hybridized carbons (Fsp3) is 0.933. The van der Waals surface area contributed by atoms with Crippen molar-refractivity contribution in [2.75, 3.05) is 6.61 Å². The van der Waals surface area contributed by atoms with E-state index < -0.39 is 6.04 Å². The molecule has 19 heavy (non-hydrogen) atoms. The number of hydrogen-bond donors (Lipinski definition) is 1. The van der Waals surface area contributed by atoms with Crippen molar-refractivity contribution in [2.24, 2.45) is 5.73 Å². The number of ether oxygens (including phenoxy) is 1. The number of nitrogens with two attached hydrogens (primary N) is 1. The van der Waals surface area contributed by atoms with Gasteiger partial charge in [0, 0.05) is 0 Å². The van der Waals surface area contributed by atoms with Crippen molar-refractivity contribution in [2.45, 2.75) is 84.1 Å². The number of unbranched alkanes of at least 4 members (excludes halogenated alkanes) is 9. The van der Waals surface area contributed by atoms with Gasteiger partial charge in [-0.25, -0.2) is 0 Å². The molecule has 0 radical (unpaired) electrons. The molecule has 0 rings (SSSR count). The zero-order valence-electron chi connectivity index (χ0n) is 12.2. The zero-order chi connectivity index (χ0) is 13.6. The summed E-state index contributed by atoms with van der Waals surface area (Å²) in [4.78, 5) is 11.1. The molecule has 3 nitrogen and oxygen atoms in total. The molecule has 0 aliphatic heterocycles. The molecule has 0 saturated heterocycles. The molecule has 0 spiro atoms. The molecule has 4 heteroatoms. The van der Waals surface area contributed by atoms with Crippen molar-refractivity contribution in [1.82, 2.24) is 0 Å². The molecule has 0 aromatic carbocycles. The average molecular weight is 265 g/mol. The molecule has 0 unspecified atom stereocenters. The predicted octanol–water partition coefficient (Wildman–Crippen LogP) is 3.15. The van der Waals surface area contributed by atoms with Gasteiger partial charge < -0.3 is 10.5 Å². The van der Waals surface area contributed by atoms with Crippen molar-refractivity contribution in [3.05, 3.63) is 0 Å². The average Bonchev–Trinajstić information content (AvgIpc) is 2.35. The molecule has 0 heterocycles. The SMILES string of the molecule is CCCCCCCCCCCCOC(=O)[C@H](C)N.[LiH]. The van der Waals surface area contributed by atoms with Crippen molar-refractivity contribution >= 4 is 24.8 Å².